The molecule has 38 heavy (non-hydrogen) atoms. The van der Waals surface area contributed by atoms with Crippen LogP contribution < -0.4 is 11.1 Å². The van der Waals surface area contributed by atoms with Crippen LogP contribution in [0.2, 0.25) is 0 Å². The normalized spacial score (nSPS) is 27.3. The number of carbonyl (C=O) groups excluding carboxylic acids is 4. The van der Waals surface area contributed by atoms with Gasteiger partial charge in [0.15, 0.2) is 17.1 Å². The van der Waals surface area contributed by atoms with E-state index in [1.807, 2.05) is 0 Å². The fourth-order valence-electron chi connectivity index (χ4n) is 5.62. The number of fused-ring (bicyclic) bond motifs is 3. The van der Waals surface area contributed by atoms with Gasteiger partial charge in [0.05, 0.1) is 23.9 Å². The van der Waals surface area contributed by atoms with E-state index < -0.39 is 81.1 Å². The zero-order valence-electron chi connectivity index (χ0n) is 20.3. The van der Waals surface area contributed by atoms with E-state index >= 15 is 0 Å². The van der Waals surface area contributed by atoms with Crippen molar-refractivity contribution in [2.75, 3.05) is 26.0 Å². The highest BCUT2D eigenvalue weighted by Gasteiger charge is 2.63. The molecule has 0 radical (unpaired) electrons. The number of hydrogen-bond donors (Lipinski definition) is 7. The van der Waals surface area contributed by atoms with E-state index in [1.165, 1.54) is 17.0 Å². The van der Waals surface area contributed by atoms with Gasteiger partial charge in [0.25, 0.3) is 5.91 Å². The Labute approximate surface area is 235 Å². The van der Waals surface area contributed by atoms with Crippen LogP contribution in [0.5, 0.6) is 5.75 Å². The van der Waals surface area contributed by atoms with Gasteiger partial charge >= 0.3 is 0 Å². The van der Waals surface area contributed by atoms with Crippen molar-refractivity contribution in [2.24, 2.45) is 17.6 Å². The molecule has 3 aliphatic rings. The summed E-state index contributed by atoms with van der Waals surface area (Å²) in [5, 5.41) is 56.0. The molecule has 206 valence electrons. The number of ketones is 2. The zero-order valence-corrected chi connectivity index (χ0v) is 23.6. The Hall–Kier alpha value is -2.78. The molecule has 0 saturated carbocycles. The second-order valence-electron chi connectivity index (χ2n) is 9.60. The first-order valence-corrected chi connectivity index (χ1v) is 12.2. The fourth-order valence-corrected chi connectivity index (χ4v) is 5.73. The number of hydrogen-bond acceptors (Lipinski definition) is 10. The van der Waals surface area contributed by atoms with Crippen LogP contribution in [-0.4, -0.2) is 91.0 Å². The SMILES string of the molecule is Br.CN(C)[C@@H]1C(O)=C(C(N)=O)C(=O)[C@@]2(O)C(O)=C3C(=O)c4c(ccc(NC(=O)C(Br)CO)c4O)CC3CC12. The molecule has 14 heteroatoms. The Balaban J connectivity index is 0.00000400. The number of aromatic hydroxyl groups is 1. The minimum atomic E-state index is -2.73. The number of likely N-dealkylation sites (N-methyl/N-ethyl adjacent to an activating group) is 1. The van der Waals surface area contributed by atoms with E-state index in [9.17, 15) is 39.6 Å². The Morgan fingerprint density at radius 2 is 1.87 bits per heavy atom. The van der Waals surface area contributed by atoms with Crippen molar-refractivity contribution >= 4 is 62.0 Å². The minimum Gasteiger partial charge on any atom is -0.510 e. The van der Waals surface area contributed by atoms with Gasteiger partial charge in [0, 0.05) is 11.5 Å². The Kier molecular flexibility index (Phi) is 8.16. The predicted octanol–water partition coefficient (Wildman–Crippen LogP) is 0.393. The number of halogens is 2. The van der Waals surface area contributed by atoms with E-state index in [-0.39, 0.29) is 46.6 Å². The van der Waals surface area contributed by atoms with Crippen molar-refractivity contribution in [3.05, 3.63) is 45.9 Å². The van der Waals surface area contributed by atoms with Gasteiger partial charge in [0.1, 0.15) is 21.9 Å². The number of nitrogens with zero attached hydrogens (tertiary/aromatic N) is 1. The first-order chi connectivity index (χ1) is 17.3. The third-order valence-corrected chi connectivity index (χ3v) is 8.00. The summed E-state index contributed by atoms with van der Waals surface area (Å²) in [7, 11) is 3.10. The first-order valence-electron chi connectivity index (χ1n) is 11.3. The number of nitrogens with one attached hydrogen (secondary N) is 1. The summed E-state index contributed by atoms with van der Waals surface area (Å²) in [6.07, 6.45) is 0.112. The molecule has 5 atom stereocenters. The van der Waals surface area contributed by atoms with E-state index in [0.29, 0.717) is 5.56 Å². The lowest BCUT2D eigenvalue weighted by molar-refractivity contribution is -0.148. The summed E-state index contributed by atoms with van der Waals surface area (Å²) in [6.45, 7) is -0.516. The Bertz CT molecular complexity index is 1310. The van der Waals surface area contributed by atoms with Crippen molar-refractivity contribution in [1.29, 1.82) is 0 Å². The number of rotatable bonds is 5. The van der Waals surface area contributed by atoms with Crippen LogP contribution in [0.1, 0.15) is 22.3 Å². The number of aliphatic hydroxyl groups excluding tert-OH is 3. The van der Waals surface area contributed by atoms with Gasteiger partial charge in [-0.25, -0.2) is 0 Å². The topological polar surface area (TPSA) is 211 Å². The number of nitrogens with two attached hydrogens (primary N) is 1. The summed E-state index contributed by atoms with van der Waals surface area (Å²) in [6, 6.07) is 1.85. The number of carbonyl (C=O) groups is 4. The molecular formula is C24H27Br2N3O9. The molecule has 2 amide bonds. The number of aliphatic hydroxyl groups is 4. The lowest BCUT2D eigenvalue weighted by Gasteiger charge is -2.50. The van der Waals surface area contributed by atoms with Crippen LogP contribution in [-0.2, 0) is 20.8 Å². The number of phenolic OH excluding ortho intramolecular Hbond substituents is 1. The van der Waals surface area contributed by atoms with E-state index in [1.54, 1.807) is 14.1 Å². The second kappa shape index (κ2) is 10.4. The number of allylic oxidation sites excluding steroid dienone is 1. The molecule has 0 fully saturated rings. The van der Waals surface area contributed by atoms with E-state index in [2.05, 4.69) is 21.2 Å². The molecule has 0 bridgehead atoms. The number of primary amides is 1. The molecule has 0 aliphatic heterocycles. The van der Waals surface area contributed by atoms with Crippen LogP contribution in [0.4, 0.5) is 5.69 Å². The van der Waals surface area contributed by atoms with Crippen LogP contribution in [0, 0.1) is 11.8 Å². The minimum absolute atomic E-state index is 0. The largest absolute Gasteiger partial charge is 0.510 e. The Morgan fingerprint density at radius 1 is 1.24 bits per heavy atom. The van der Waals surface area contributed by atoms with Gasteiger partial charge in [-0.2, -0.15) is 0 Å². The molecule has 4 rings (SSSR count). The molecule has 12 nitrogen and oxygen atoms in total. The molecule has 0 heterocycles. The molecule has 1 aromatic rings. The van der Waals surface area contributed by atoms with E-state index in [0.717, 1.165) is 0 Å². The van der Waals surface area contributed by atoms with Crippen LogP contribution in [0.3, 0.4) is 0 Å². The molecule has 1 aromatic carbocycles. The number of amides is 2. The summed E-state index contributed by atoms with van der Waals surface area (Å²) >= 11 is 2.97. The molecule has 0 saturated heterocycles. The molecule has 0 aromatic heterocycles. The quantitative estimate of drug-likeness (QED) is 0.131. The van der Waals surface area contributed by atoms with Crippen LogP contribution >= 0.6 is 32.9 Å². The second-order valence-corrected chi connectivity index (χ2v) is 10.7. The zero-order chi connectivity index (χ0) is 27.6. The van der Waals surface area contributed by atoms with Crippen molar-refractivity contribution in [1.82, 2.24) is 4.90 Å². The van der Waals surface area contributed by atoms with Gasteiger partial charge in [0.2, 0.25) is 11.7 Å². The number of phenols is 1. The fraction of sp³-hybridized carbons (Fsp3) is 0.417. The third-order valence-electron chi connectivity index (χ3n) is 7.30. The molecule has 0 spiro atoms. The average Bonchev–Trinajstić information content (AvgIpc) is 2.82. The summed E-state index contributed by atoms with van der Waals surface area (Å²) in [5.41, 5.74) is 1.47. The first kappa shape index (κ1) is 29.8. The number of Topliss-reactive ketones (excluding diaryl/α,β-unsaturated/α-hetero) is 2. The lowest BCUT2D eigenvalue weighted by atomic mass is 9.58. The van der Waals surface area contributed by atoms with Crippen molar-refractivity contribution in [3.8, 4) is 5.75 Å². The molecule has 3 unspecified atom stereocenters. The highest BCUT2D eigenvalue weighted by atomic mass is 79.9. The van der Waals surface area contributed by atoms with Gasteiger partial charge in [-0.1, -0.05) is 22.0 Å². The third kappa shape index (κ3) is 4.24. The van der Waals surface area contributed by atoms with E-state index in [4.69, 9.17) is 10.8 Å². The van der Waals surface area contributed by atoms with Crippen LogP contribution in [0.25, 0.3) is 0 Å². The Morgan fingerprint density at radius 3 is 2.42 bits per heavy atom. The summed E-state index contributed by atoms with van der Waals surface area (Å²) in [4.78, 5) is 51.5. The maximum atomic E-state index is 13.6. The average molecular weight is 661 g/mol. The van der Waals surface area contributed by atoms with Gasteiger partial charge < -0.3 is 36.6 Å². The van der Waals surface area contributed by atoms with Crippen molar-refractivity contribution < 1.29 is 44.7 Å². The highest BCUT2D eigenvalue weighted by molar-refractivity contribution is 9.10. The monoisotopic (exact) mass is 659 g/mol. The van der Waals surface area contributed by atoms with Gasteiger partial charge in [-0.15, -0.1) is 17.0 Å². The van der Waals surface area contributed by atoms with Gasteiger partial charge in [-0.3, -0.25) is 24.1 Å². The lowest BCUT2D eigenvalue weighted by Crippen LogP contribution is -2.63. The number of anilines is 1. The predicted molar refractivity (Wildman–Crippen MR) is 142 cm³/mol. The smallest absolute Gasteiger partial charge is 0.255 e. The number of benzene rings is 1. The van der Waals surface area contributed by atoms with Crippen molar-refractivity contribution in [3.63, 3.8) is 0 Å². The number of alkyl halides is 1. The maximum absolute atomic E-state index is 13.6. The maximum Gasteiger partial charge on any atom is 0.255 e. The standard InChI is InChI=1S/C24H26BrN3O9.BrH/c1-28(2)16-10-6-9-5-8-3-4-12(27-23(36)11(25)7-29)17(30)13(8)18(31)14(9)20(33)24(10,37)21(34)15(19(16)32)22(26)35;/h3-4,9-11,16,29-30,32-33,37H,5-7H2,1-2H3,(H2,26,35)(H,27,36);1H/t9?,10?,11?,16-,24-;/m0./s1. The van der Waals surface area contributed by atoms with Crippen molar-refractivity contribution in [2.45, 2.75) is 29.3 Å². The van der Waals surface area contributed by atoms with Gasteiger partial charge in [-0.05, 0) is 44.5 Å². The summed E-state index contributed by atoms with van der Waals surface area (Å²) in [5.74, 6) is -8.15. The molecule has 8 N–H and O–H groups in total. The highest BCUT2D eigenvalue weighted by Crippen LogP contribution is 2.52. The molecule has 3 aliphatic carbocycles. The molecular weight excluding hydrogens is 634 g/mol. The van der Waals surface area contributed by atoms with Crippen LogP contribution in [0.15, 0.2) is 34.8 Å². The summed E-state index contributed by atoms with van der Waals surface area (Å²) < 4.78 is 0.